The van der Waals surface area contributed by atoms with Gasteiger partial charge in [-0.2, -0.15) is 0 Å². The minimum absolute atomic E-state index is 0.246. The maximum absolute atomic E-state index is 13.1. The number of esters is 1. The summed E-state index contributed by atoms with van der Waals surface area (Å²) >= 11 is 0. The van der Waals surface area contributed by atoms with Crippen LogP contribution in [0.4, 0.5) is 23.0 Å². The monoisotopic (exact) mass is 583 g/mol. The molecule has 1 aliphatic rings. The minimum Gasteiger partial charge on any atom is -0.494 e. The summed E-state index contributed by atoms with van der Waals surface area (Å²) in [5.41, 5.74) is 4.45. The number of methoxy groups -OCH3 is 1. The summed E-state index contributed by atoms with van der Waals surface area (Å²) in [6.07, 6.45) is 4.34. The lowest BCUT2D eigenvalue weighted by Gasteiger charge is -2.35. The number of aromatic nitrogens is 3. The van der Waals surface area contributed by atoms with E-state index in [0.29, 0.717) is 22.8 Å². The lowest BCUT2D eigenvalue weighted by Crippen LogP contribution is -2.44. The third kappa shape index (κ3) is 6.31. The molecule has 43 heavy (non-hydrogen) atoms. The van der Waals surface area contributed by atoms with E-state index in [9.17, 15) is 9.59 Å². The van der Waals surface area contributed by atoms with Gasteiger partial charge in [0.05, 0.1) is 36.0 Å². The zero-order chi connectivity index (χ0) is 30.7. The van der Waals surface area contributed by atoms with Gasteiger partial charge in [0.25, 0.3) is 0 Å². The fourth-order valence-corrected chi connectivity index (χ4v) is 5.15. The van der Waals surface area contributed by atoms with Crippen LogP contribution < -0.4 is 20.3 Å². The Morgan fingerprint density at radius 3 is 2.51 bits per heavy atom. The SMILES string of the molecule is C=CC(=O)Nc1cc(Nc2ncc(C(=O)OC(C)C)c(-c3cn(C)c4ccccc34)n2)c(OC)cc1N1CCN(C)CC1. The van der Waals surface area contributed by atoms with E-state index in [2.05, 4.69) is 39.0 Å². The van der Waals surface area contributed by atoms with Crippen LogP contribution in [0.1, 0.15) is 24.2 Å². The number of carbonyl (C=O) groups excluding carboxylic acids is 2. The molecule has 0 saturated carbocycles. The molecule has 2 N–H and O–H groups in total. The maximum Gasteiger partial charge on any atom is 0.342 e. The fraction of sp³-hybridized carbons (Fsp3) is 0.312. The molecule has 2 aromatic carbocycles. The number of anilines is 4. The predicted octanol–water partition coefficient (Wildman–Crippen LogP) is 4.83. The summed E-state index contributed by atoms with van der Waals surface area (Å²) in [6.45, 7) is 10.6. The van der Waals surface area contributed by atoms with Crippen LogP contribution in [0.15, 0.2) is 61.4 Å². The van der Waals surface area contributed by atoms with E-state index >= 15 is 0 Å². The Morgan fingerprint density at radius 2 is 1.81 bits per heavy atom. The van der Waals surface area contributed by atoms with Crippen molar-refractivity contribution in [2.75, 3.05) is 55.9 Å². The van der Waals surface area contributed by atoms with Crippen molar-refractivity contribution in [3.63, 3.8) is 0 Å². The molecule has 1 aliphatic heterocycles. The van der Waals surface area contributed by atoms with Crippen molar-refractivity contribution in [3.8, 4) is 17.0 Å². The van der Waals surface area contributed by atoms with Gasteiger partial charge in [0.1, 0.15) is 11.3 Å². The molecule has 11 heteroatoms. The highest BCUT2D eigenvalue weighted by molar-refractivity contribution is 6.04. The molecule has 0 bridgehead atoms. The van der Waals surface area contributed by atoms with E-state index in [1.165, 1.54) is 12.3 Å². The third-order valence-corrected chi connectivity index (χ3v) is 7.36. The largest absolute Gasteiger partial charge is 0.494 e. The van der Waals surface area contributed by atoms with Gasteiger partial charge in [-0.1, -0.05) is 24.8 Å². The number of likely N-dealkylation sites (N-methyl/N-ethyl adjacent to an activating group) is 1. The molecule has 3 heterocycles. The number of para-hydroxylation sites is 1. The van der Waals surface area contributed by atoms with Crippen LogP contribution in [0.5, 0.6) is 5.75 Å². The smallest absolute Gasteiger partial charge is 0.342 e. The van der Waals surface area contributed by atoms with Gasteiger partial charge in [-0.25, -0.2) is 14.8 Å². The van der Waals surface area contributed by atoms with E-state index in [-0.39, 0.29) is 23.5 Å². The van der Waals surface area contributed by atoms with Gasteiger partial charge in [-0.3, -0.25) is 4.79 Å². The molecule has 1 fully saturated rings. The van der Waals surface area contributed by atoms with Crippen molar-refractivity contribution in [1.29, 1.82) is 0 Å². The van der Waals surface area contributed by atoms with Gasteiger partial charge in [-0.05, 0) is 39.1 Å². The van der Waals surface area contributed by atoms with Crippen LogP contribution in [0.2, 0.25) is 0 Å². The number of benzene rings is 2. The number of aryl methyl sites for hydroxylation is 1. The van der Waals surface area contributed by atoms with E-state index < -0.39 is 5.97 Å². The predicted molar refractivity (Wildman–Crippen MR) is 169 cm³/mol. The average molecular weight is 584 g/mol. The van der Waals surface area contributed by atoms with Gasteiger partial charge in [0.2, 0.25) is 11.9 Å². The van der Waals surface area contributed by atoms with Crippen molar-refractivity contribution in [3.05, 3.63) is 67.0 Å². The number of hydrogen-bond donors (Lipinski definition) is 2. The number of rotatable bonds is 9. The maximum atomic E-state index is 13.1. The first kappa shape index (κ1) is 29.6. The first-order valence-electron chi connectivity index (χ1n) is 14.2. The molecule has 1 saturated heterocycles. The topological polar surface area (TPSA) is 114 Å². The van der Waals surface area contributed by atoms with Gasteiger partial charge in [0.15, 0.2) is 0 Å². The number of hydrogen-bond acceptors (Lipinski definition) is 9. The molecule has 1 amide bonds. The molecule has 0 spiro atoms. The molecule has 11 nitrogen and oxygen atoms in total. The van der Waals surface area contributed by atoms with Crippen LogP contribution in [0, 0.1) is 0 Å². The zero-order valence-electron chi connectivity index (χ0n) is 25.2. The highest BCUT2D eigenvalue weighted by atomic mass is 16.5. The Balaban J connectivity index is 1.59. The third-order valence-electron chi connectivity index (χ3n) is 7.36. The molecular formula is C32H37N7O4. The number of nitrogens with zero attached hydrogens (tertiary/aromatic N) is 5. The number of piperazine rings is 1. The fourth-order valence-electron chi connectivity index (χ4n) is 5.15. The van der Waals surface area contributed by atoms with Crippen LogP contribution >= 0.6 is 0 Å². The first-order chi connectivity index (χ1) is 20.7. The molecule has 0 aliphatic carbocycles. The number of ether oxygens (including phenoxy) is 2. The highest BCUT2D eigenvalue weighted by Gasteiger charge is 2.24. The Labute approximate surface area is 251 Å². The van der Waals surface area contributed by atoms with Crippen molar-refractivity contribution in [2.45, 2.75) is 20.0 Å². The normalized spacial score (nSPS) is 13.7. The van der Waals surface area contributed by atoms with Gasteiger partial charge in [0, 0.05) is 68.2 Å². The second-order valence-corrected chi connectivity index (χ2v) is 10.8. The van der Waals surface area contributed by atoms with E-state index in [1.54, 1.807) is 27.0 Å². The molecule has 0 atom stereocenters. The van der Waals surface area contributed by atoms with E-state index in [1.807, 2.05) is 48.1 Å². The quantitative estimate of drug-likeness (QED) is 0.211. The Kier molecular flexibility index (Phi) is 8.63. The van der Waals surface area contributed by atoms with Crippen LogP contribution in [0.3, 0.4) is 0 Å². The molecular weight excluding hydrogens is 546 g/mol. The summed E-state index contributed by atoms with van der Waals surface area (Å²) in [4.78, 5) is 39.3. The Bertz CT molecular complexity index is 1670. The van der Waals surface area contributed by atoms with Gasteiger partial charge >= 0.3 is 5.97 Å². The standard InChI is InChI=1S/C32H37N7O4/c1-7-29(40)34-24-16-25(28(42-6)17-27(24)39-14-12-37(4)13-15-39)35-32-33-18-22(31(41)43-20(2)3)30(36-32)23-19-38(5)26-11-9-8-10-21(23)26/h7-11,16-20H,1,12-15H2,2-6H3,(H,34,40)(H,33,35,36). The summed E-state index contributed by atoms with van der Waals surface area (Å²) in [5, 5.41) is 7.13. The van der Waals surface area contributed by atoms with Crippen molar-refractivity contribution < 1.29 is 19.1 Å². The van der Waals surface area contributed by atoms with Crippen molar-refractivity contribution in [1.82, 2.24) is 19.4 Å². The Morgan fingerprint density at radius 1 is 1.07 bits per heavy atom. The number of fused-ring (bicyclic) bond motifs is 1. The van der Waals surface area contributed by atoms with Crippen LogP contribution in [-0.4, -0.2) is 77.8 Å². The number of carbonyl (C=O) groups is 2. The second kappa shape index (κ2) is 12.5. The molecule has 5 rings (SSSR count). The summed E-state index contributed by atoms with van der Waals surface area (Å²) in [7, 11) is 5.62. The molecule has 0 unspecified atom stereocenters. The van der Waals surface area contributed by atoms with E-state index in [0.717, 1.165) is 48.3 Å². The van der Waals surface area contributed by atoms with Crippen molar-refractivity contribution in [2.24, 2.45) is 7.05 Å². The van der Waals surface area contributed by atoms with Gasteiger partial charge < -0.3 is 34.5 Å². The molecule has 2 aromatic heterocycles. The first-order valence-corrected chi connectivity index (χ1v) is 14.2. The van der Waals surface area contributed by atoms with E-state index in [4.69, 9.17) is 14.5 Å². The number of nitrogens with one attached hydrogen (secondary N) is 2. The van der Waals surface area contributed by atoms with Crippen LogP contribution in [0.25, 0.3) is 22.2 Å². The lowest BCUT2D eigenvalue weighted by atomic mass is 10.1. The minimum atomic E-state index is -0.506. The highest BCUT2D eigenvalue weighted by Crippen LogP contribution is 2.39. The average Bonchev–Trinajstić information content (AvgIpc) is 3.33. The molecule has 0 radical (unpaired) electrons. The Hall–Kier alpha value is -4.90. The second-order valence-electron chi connectivity index (χ2n) is 10.8. The molecule has 4 aromatic rings. The zero-order valence-corrected chi connectivity index (χ0v) is 25.2. The summed E-state index contributed by atoms with van der Waals surface area (Å²) in [5.74, 6) is -0.0400. The van der Waals surface area contributed by atoms with Crippen molar-refractivity contribution >= 4 is 45.8 Å². The summed E-state index contributed by atoms with van der Waals surface area (Å²) in [6, 6.07) is 11.6. The summed E-state index contributed by atoms with van der Waals surface area (Å²) < 4.78 is 13.3. The molecule has 224 valence electrons. The number of amides is 1. The van der Waals surface area contributed by atoms with Crippen LogP contribution in [-0.2, 0) is 16.6 Å². The lowest BCUT2D eigenvalue weighted by molar-refractivity contribution is -0.111. The van der Waals surface area contributed by atoms with Gasteiger partial charge in [-0.15, -0.1) is 0 Å².